The highest BCUT2D eigenvalue weighted by atomic mass is 79.9. The van der Waals surface area contributed by atoms with Gasteiger partial charge in [0.2, 0.25) is 0 Å². The molecular weight excluding hydrogens is 314 g/mol. The van der Waals surface area contributed by atoms with Crippen LogP contribution in [-0.4, -0.2) is 16.9 Å². The number of alkyl halides is 1. The lowest BCUT2D eigenvalue weighted by Crippen LogP contribution is -2.32. The first-order valence-electron chi connectivity index (χ1n) is 7.36. The predicted octanol–water partition coefficient (Wildman–Crippen LogP) is 4.96. The standard InChI is InChI=1S/C17H20BrNO/c18-12-17(9-2-1-3-10-17)13-20-15-8-4-6-14-7-5-11-19-16(14)15/h4-8,11H,1-3,9-10,12-13H2. The number of fused-ring (bicyclic) bond motifs is 1. The maximum Gasteiger partial charge on any atom is 0.145 e. The summed E-state index contributed by atoms with van der Waals surface area (Å²) in [5.41, 5.74) is 1.27. The van der Waals surface area contributed by atoms with E-state index in [-0.39, 0.29) is 0 Å². The van der Waals surface area contributed by atoms with E-state index < -0.39 is 0 Å². The molecular formula is C17H20BrNO. The Balaban J connectivity index is 1.79. The van der Waals surface area contributed by atoms with Crippen LogP contribution in [0, 0.1) is 5.41 Å². The lowest BCUT2D eigenvalue weighted by atomic mass is 9.76. The predicted molar refractivity (Wildman–Crippen MR) is 86.6 cm³/mol. The molecule has 0 radical (unpaired) electrons. The monoisotopic (exact) mass is 333 g/mol. The molecule has 0 atom stereocenters. The maximum atomic E-state index is 6.16. The molecule has 3 heteroatoms. The van der Waals surface area contributed by atoms with Gasteiger partial charge in [0.25, 0.3) is 0 Å². The fourth-order valence-electron chi connectivity index (χ4n) is 3.04. The largest absolute Gasteiger partial charge is 0.491 e. The summed E-state index contributed by atoms with van der Waals surface area (Å²) in [5.74, 6) is 0.911. The number of ether oxygens (including phenoxy) is 1. The number of pyridine rings is 1. The van der Waals surface area contributed by atoms with E-state index in [0.717, 1.165) is 28.6 Å². The lowest BCUT2D eigenvalue weighted by Gasteiger charge is -2.35. The average Bonchev–Trinajstić information content (AvgIpc) is 2.54. The highest BCUT2D eigenvalue weighted by Gasteiger charge is 2.32. The highest BCUT2D eigenvalue weighted by molar-refractivity contribution is 9.09. The molecule has 2 nitrogen and oxygen atoms in total. The van der Waals surface area contributed by atoms with Gasteiger partial charge in [-0.2, -0.15) is 0 Å². The van der Waals surface area contributed by atoms with Crippen LogP contribution in [0.2, 0.25) is 0 Å². The van der Waals surface area contributed by atoms with Crippen LogP contribution >= 0.6 is 15.9 Å². The molecule has 20 heavy (non-hydrogen) atoms. The zero-order chi connectivity index (χ0) is 13.8. The van der Waals surface area contributed by atoms with Crippen LogP contribution in [-0.2, 0) is 0 Å². The molecule has 3 rings (SSSR count). The van der Waals surface area contributed by atoms with Crippen molar-refractivity contribution in [3.05, 3.63) is 36.5 Å². The number of benzene rings is 1. The molecule has 1 aromatic carbocycles. The Morgan fingerprint density at radius 3 is 2.70 bits per heavy atom. The van der Waals surface area contributed by atoms with Gasteiger partial charge in [-0.05, 0) is 25.0 Å². The smallest absolute Gasteiger partial charge is 0.145 e. The highest BCUT2D eigenvalue weighted by Crippen LogP contribution is 2.38. The molecule has 0 amide bonds. The number of rotatable bonds is 4. The summed E-state index contributed by atoms with van der Waals surface area (Å²) >= 11 is 3.70. The van der Waals surface area contributed by atoms with E-state index in [9.17, 15) is 0 Å². The van der Waals surface area contributed by atoms with Crippen molar-refractivity contribution >= 4 is 26.8 Å². The molecule has 0 unspecified atom stereocenters. The fourth-order valence-corrected chi connectivity index (χ4v) is 3.76. The molecule has 0 saturated heterocycles. The van der Waals surface area contributed by atoms with E-state index >= 15 is 0 Å². The van der Waals surface area contributed by atoms with E-state index in [2.05, 4.69) is 33.0 Å². The van der Waals surface area contributed by atoms with Crippen molar-refractivity contribution in [1.82, 2.24) is 4.98 Å². The maximum absolute atomic E-state index is 6.16. The zero-order valence-electron chi connectivity index (χ0n) is 11.6. The number of aromatic nitrogens is 1. The summed E-state index contributed by atoms with van der Waals surface area (Å²) in [5, 5.41) is 2.17. The van der Waals surface area contributed by atoms with Crippen LogP contribution in [0.15, 0.2) is 36.5 Å². The molecule has 1 aliphatic carbocycles. The molecule has 0 spiro atoms. The van der Waals surface area contributed by atoms with Crippen molar-refractivity contribution in [3.63, 3.8) is 0 Å². The van der Waals surface area contributed by atoms with Gasteiger partial charge in [0.05, 0.1) is 6.61 Å². The number of hydrogen-bond donors (Lipinski definition) is 0. The first-order chi connectivity index (χ1) is 9.83. The van der Waals surface area contributed by atoms with Gasteiger partial charge in [-0.1, -0.05) is 53.4 Å². The Morgan fingerprint density at radius 2 is 1.90 bits per heavy atom. The third kappa shape index (κ3) is 2.83. The molecule has 1 aliphatic rings. The van der Waals surface area contributed by atoms with Crippen molar-refractivity contribution in [2.45, 2.75) is 32.1 Å². The fraction of sp³-hybridized carbons (Fsp3) is 0.471. The van der Waals surface area contributed by atoms with E-state index in [1.54, 1.807) is 0 Å². The molecule has 0 aliphatic heterocycles. The van der Waals surface area contributed by atoms with Crippen LogP contribution in [0.1, 0.15) is 32.1 Å². The van der Waals surface area contributed by atoms with Gasteiger partial charge >= 0.3 is 0 Å². The minimum Gasteiger partial charge on any atom is -0.491 e. The van der Waals surface area contributed by atoms with Crippen molar-refractivity contribution in [2.75, 3.05) is 11.9 Å². The van der Waals surface area contributed by atoms with Gasteiger partial charge in [0, 0.05) is 22.3 Å². The number of halogens is 1. The average molecular weight is 334 g/mol. The Morgan fingerprint density at radius 1 is 1.10 bits per heavy atom. The second-order valence-corrected chi connectivity index (χ2v) is 6.37. The van der Waals surface area contributed by atoms with Crippen LogP contribution < -0.4 is 4.74 Å². The summed E-state index contributed by atoms with van der Waals surface area (Å²) in [4.78, 5) is 4.46. The number of para-hydroxylation sites is 1. The first-order valence-corrected chi connectivity index (χ1v) is 8.48. The number of hydrogen-bond acceptors (Lipinski definition) is 2. The van der Waals surface area contributed by atoms with E-state index in [0.29, 0.717) is 5.41 Å². The minimum atomic E-state index is 0.301. The molecule has 1 heterocycles. The Bertz CT molecular complexity index is 573. The van der Waals surface area contributed by atoms with Gasteiger partial charge < -0.3 is 4.74 Å². The molecule has 0 bridgehead atoms. The molecule has 106 valence electrons. The van der Waals surface area contributed by atoms with Crippen molar-refractivity contribution < 1.29 is 4.74 Å². The van der Waals surface area contributed by atoms with Gasteiger partial charge in [-0.15, -0.1) is 0 Å². The summed E-state index contributed by atoms with van der Waals surface area (Å²) in [6.07, 6.45) is 8.36. The van der Waals surface area contributed by atoms with Crippen LogP contribution in [0.3, 0.4) is 0 Å². The quantitative estimate of drug-likeness (QED) is 0.738. The van der Waals surface area contributed by atoms with E-state index in [4.69, 9.17) is 4.74 Å². The summed E-state index contributed by atoms with van der Waals surface area (Å²) in [7, 11) is 0. The lowest BCUT2D eigenvalue weighted by molar-refractivity contribution is 0.123. The SMILES string of the molecule is BrCC1(COc2cccc3cccnc23)CCCCC1. The molecule has 1 saturated carbocycles. The third-order valence-electron chi connectivity index (χ3n) is 4.33. The summed E-state index contributed by atoms with van der Waals surface area (Å²) < 4.78 is 6.16. The van der Waals surface area contributed by atoms with Crippen LogP contribution in [0.5, 0.6) is 5.75 Å². The Labute approximate surface area is 128 Å². The molecule has 1 aromatic heterocycles. The van der Waals surface area contributed by atoms with Gasteiger partial charge in [-0.3, -0.25) is 4.98 Å². The normalized spacial score (nSPS) is 18.1. The topological polar surface area (TPSA) is 22.1 Å². The van der Waals surface area contributed by atoms with Crippen molar-refractivity contribution in [2.24, 2.45) is 5.41 Å². The zero-order valence-corrected chi connectivity index (χ0v) is 13.2. The van der Waals surface area contributed by atoms with Crippen molar-refractivity contribution in [1.29, 1.82) is 0 Å². The van der Waals surface area contributed by atoms with Crippen LogP contribution in [0.4, 0.5) is 0 Å². The number of nitrogens with zero attached hydrogens (tertiary/aromatic N) is 1. The second-order valence-electron chi connectivity index (χ2n) is 5.81. The second kappa shape index (κ2) is 6.13. The molecule has 2 aromatic rings. The van der Waals surface area contributed by atoms with Gasteiger partial charge in [-0.25, -0.2) is 0 Å². The van der Waals surface area contributed by atoms with Crippen molar-refractivity contribution in [3.8, 4) is 5.75 Å². The minimum absolute atomic E-state index is 0.301. The summed E-state index contributed by atoms with van der Waals surface area (Å²) in [6.45, 7) is 0.786. The van der Waals surface area contributed by atoms with E-state index in [1.165, 1.54) is 32.1 Å². The first kappa shape index (κ1) is 13.9. The van der Waals surface area contributed by atoms with Gasteiger partial charge in [0.15, 0.2) is 0 Å². The molecule has 0 N–H and O–H groups in total. The third-order valence-corrected chi connectivity index (χ3v) is 5.52. The molecule has 1 fully saturated rings. The van der Waals surface area contributed by atoms with Gasteiger partial charge in [0.1, 0.15) is 11.3 Å². The Kier molecular flexibility index (Phi) is 4.25. The van der Waals surface area contributed by atoms with E-state index in [1.807, 2.05) is 24.4 Å². The summed E-state index contributed by atoms with van der Waals surface area (Å²) in [6, 6.07) is 10.2. The Hall–Kier alpha value is -1.09. The van der Waals surface area contributed by atoms with Crippen LogP contribution in [0.25, 0.3) is 10.9 Å².